The molecule has 0 spiro atoms. The minimum absolute atomic E-state index is 0.0916. The Morgan fingerprint density at radius 2 is 2.00 bits per heavy atom. The quantitative estimate of drug-likeness (QED) is 0.693. The highest BCUT2D eigenvalue weighted by atomic mass is 32.1. The summed E-state index contributed by atoms with van der Waals surface area (Å²) < 4.78 is 13.0. The van der Waals surface area contributed by atoms with Crippen LogP contribution in [-0.2, 0) is 17.8 Å². The number of rotatable bonds is 5. The van der Waals surface area contributed by atoms with Gasteiger partial charge in [-0.15, -0.1) is 11.3 Å². The summed E-state index contributed by atoms with van der Waals surface area (Å²) >= 11 is 1.37. The standard InChI is InChI=1S/C20H17FN4O2S/c21-13-6-4-12(5-7-13)18(26)25-20-24-17-15(8-9-16(17)28-20)19(27)23-11-14-3-1-2-10-22-14/h1-7,10,15H,8-9,11H2,(H,23,27)(H,24,25,26). The van der Waals surface area contributed by atoms with Gasteiger partial charge in [-0.1, -0.05) is 6.07 Å². The Kier molecular flexibility index (Phi) is 5.12. The smallest absolute Gasteiger partial charge is 0.257 e. The Morgan fingerprint density at radius 1 is 1.18 bits per heavy atom. The van der Waals surface area contributed by atoms with Crippen LogP contribution in [0.1, 0.15) is 39.0 Å². The zero-order valence-electron chi connectivity index (χ0n) is 14.8. The van der Waals surface area contributed by atoms with E-state index in [1.54, 1.807) is 6.20 Å². The van der Waals surface area contributed by atoms with E-state index < -0.39 is 5.82 Å². The highest BCUT2D eigenvalue weighted by molar-refractivity contribution is 7.16. The summed E-state index contributed by atoms with van der Waals surface area (Å²) in [5.74, 6) is -1.18. The molecule has 1 unspecified atom stereocenters. The van der Waals surface area contributed by atoms with Gasteiger partial charge in [0.15, 0.2) is 5.13 Å². The molecule has 4 rings (SSSR count). The van der Waals surface area contributed by atoms with Gasteiger partial charge < -0.3 is 5.32 Å². The lowest BCUT2D eigenvalue weighted by molar-refractivity contribution is -0.122. The molecular weight excluding hydrogens is 379 g/mol. The van der Waals surface area contributed by atoms with Crippen LogP contribution in [0, 0.1) is 5.82 Å². The number of carbonyl (C=O) groups excluding carboxylic acids is 2. The first kappa shape index (κ1) is 18.2. The first-order valence-electron chi connectivity index (χ1n) is 8.84. The third kappa shape index (κ3) is 3.91. The second-order valence-corrected chi connectivity index (χ2v) is 7.50. The average molecular weight is 396 g/mol. The van der Waals surface area contributed by atoms with Crippen molar-refractivity contribution in [1.29, 1.82) is 0 Å². The van der Waals surface area contributed by atoms with E-state index in [0.29, 0.717) is 23.7 Å². The Balaban J connectivity index is 1.41. The topological polar surface area (TPSA) is 84.0 Å². The van der Waals surface area contributed by atoms with Crippen LogP contribution in [0.4, 0.5) is 9.52 Å². The number of benzene rings is 1. The highest BCUT2D eigenvalue weighted by Crippen LogP contribution is 2.38. The van der Waals surface area contributed by atoms with Crippen LogP contribution in [0.5, 0.6) is 0 Å². The lowest BCUT2D eigenvalue weighted by atomic mass is 10.1. The van der Waals surface area contributed by atoms with Crippen LogP contribution in [0.25, 0.3) is 0 Å². The molecule has 1 aliphatic carbocycles. The summed E-state index contributed by atoms with van der Waals surface area (Å²) in [7, 11) is 0. The molecule has 0 aliphatic heterocycles. The molecule has 1 aliphatic rings. The van der Waals surface area contributed by atoms with Crippen LogP contribution in [0.2, 0.25) is 0 Å². The molecule has 2 heterocycles. The monoisotopic (exact) mass is 396 g/mol. The fourth-order valence-electron chi connectivity index (χ4n) is 3.11. The van der Waals surface area contributed by atoms with Gasteiger partial charge in [0.2, 0.25) is 5.91 Å². The number of nitrogens with one attached hydrogen (secondary N) is 2. The van der Waals surface area contributed by atoms with Gasteiger partial charge in [0.1, 0.15) is 5.82 Å². The minimum Gasteiger partial charge on any atom is -0.350 e. The maximum absolute atomic E-state index is 13.0. The molecule has 2 N–H and O–H groups in total. The molecule has 2 amide bonds. The summed E-state index contributed by atoms with van der Waals surface area (Å²) in [6, 6.07) is 10.9. The number of pyridine rings is 1. The number of anilines is 1. The largest absolute Gasteiger partial charge is 0.350 e. The number of nitrogens with zero attached hydrogens (tertiary/aromatic N) is 2. The van der Waals surface area contributed by atoms with Gasteiger partial charge >= 0.3 is 0 Å². The van der Waals surface area contributed by atoms with Gasteiger partial charge in [0, 0.05) is 16.6 Å². The van der Waals surface area contributed by atoms with Crippen LogP contribution in [0.15, 0.2) is 48.7 Å². The zero-order valence-corrected chi connectivity index (χ0v) is 15.6. The number of amides is 2. The highest BCUT2D eigenvalue weighted by Gasteiger charge is 2.32. The summed E-state index contributed by atoms with van der Waals surface area (Å²) in [6.45, 7) is 0.365. The van der Waals surface area contributed by atoms with Gasteiger partial charge in [0.25, 0.3) is 5.91 Å². The predicted molar refractivity (Wildman–Crippen MR) is 104 cm³/mol. The van der Waals surface area contributed by atoms with Crippen LogP contribution >= 0.6 is 11.3 Å². The van der Waals surface area contributed by atoms with Crippen molar-refractivity contribution in [2.45, 2.75) is 25.3 Å². The molecule has 6 nitrogen and oxygen atoms in total. The molecule has 0 saturated heterocycles. The molecule has 2 aromatic heterocycles. The third-order valence-electron chi connectivity index (χ3n) is 4.53. The van der Waals surface area contributed by atoms with E-state index in [-0.39, 0.29) is 17.7 Å². The maximum atomic E-state index is 13.0. The molecule has 0 saturated carbocycles. The van der Waals surface area contributed by atoms with Gasteiger partial charge in [-0.05, 0) is 49.2 Å². The summed E-state index contributed by atoms with van der Waals surface area (Å²) in [5.41, 5.74) is 1.86. The van der Waals surface area contributed by atoms with Gasteiger partial charge in [-0.2, -0.15) is 0 Å². The number of thiazole rings is 1. The van der Waals surface area contributed by atoms with Crippen molar-refractivity contribution in [3.63, 3.8) is 0 Å². The normalized spacial score (nSPS) is 15.1. The molecule has 28 heavy (non-hydrogen) atoms. The van der Waals surface area contributed by atoms with Gasteiger partial charge in [0.05, 0.1) is 23.9 Å². The Labute approximate surface area is 164 Å². The summed E-state index contributed by atoms with van der Waals surface area (Å²) in [4.78, 5) is 34.5. The Hall–Kier alpha value is -3.13. The van der Waals surface area contributed by atoms with Crippen molar-refractivity contribution >= 4 is 28.3 Å². The third-order valence-corrected chi connectivity index (χ3v) is 5.58. The first-order chi connectivity index (χ1) is 13.6. The van der Waals surface area contributed by atoms with E-state index in [0.717, 1.165) is 22.7 Å². The lowest BCUT2D eigenvalue weighted by Crippen LogP contribution is -2.28. The summed E-state index contributed by atoms with van der Waals surface area (Å²) in [6.07, 6.45) is 3.14. The number of hydrogen-bond donors (Lipinski definition) is 2. The second-order valence-electron chi connectivity index (χ2n) is 6.42. The number of carbonyl (C=O) groups is 2. The van der Waals surface area contributed by atoms with E-state index in [1.807, 2.05) is 18.2 Å². The van der Waals surface area contributed by atoms with Gasteiger partial charge in [-0.3, -0.25) is 19.9 Å². The van der Waals surface area contributed by atoms with E-state index >= 15 is 0 Å². The van der Waals surface area contributed by atoms with Crippen molar-refractivity contribution in [2.24, 2.45) is 0 Å². The molecule has 0 radical (unpaired) electrons. The fraction of sp³-hybridized carbons (Fsp3) is 0.200. The van der Waals surface area contributed by atoms with Crippen LogP contribution < -0.4 is 10.6 Å². The lowest BCUT2D eigenvalue weighted by Gasteiger charge is -2.10. The molecule has 0 bridgehead atoms. The fourth-order valence-corrected chi connectivity index (χ4v) is 4.14. The van der Waals surface area contributed by atoms with Crippen molar-refractivity contribution in [3.05, 3.63) is 76.3 Å². The minimum atomic E-state index is -0.399. The van der Waals surface area contributed by atoms with Crippen molar-refractivity contribution in [3.8, 4) is 0 Å². The number of aryl methyl sites for hydroxylation is 1. The van der Waals surface area contributed by atoms with Crippen molar-refractivity contribution < 1.29 is 14.0 Å². The summed E-state index contributed by atoms with van der Waals surface area (Å²) in [5, 5.41) is 6.08. The average Bonchev–Trinajstić information content (AvgIpc) is 3.27. The number of aromatic nitrogens is 2. The van der Waals surface area contributed by atoms with Crippen molar-refractivity contribution in [2.75, 3.05) is 5.32 Å². The van der Waals surface area contributed by atoms with Gasteiger partial charge in [-0.25, -0.2) is 9.37 Å². The van der Waals surface area contributed by atoms with E-state index in [1.165, 1.54) is 35.6 Å². The molecule has 3 aromatic rings. The Bertz CT molecular complexity index is 1000. The molecular formula is C20H17FN4O2S. The number of fused-ring (bicyclic) bond motifs is 1. The van der Waals surface area contributed by atoms with E-state index in [9.17, 15) is 14.0 Å². The van der Waals surface area contributed by atoms with E-state index in [4.69, 9.17) is 0 Å². The zero-order chi connectivity index (χ0) is 19.5. The van der Waals surface area contributed by atoms with Crippen molar-refractivity contribution in [1.82, 2.24) is 15.3 Å². The molecule has 8 heteroatoms. The molecule has 142 valence electrons. The maximum Gasteiger partial charge on any atom is 0.257 e. The van der Waals surface area contributed by atoms with E-state index in [2.05, 4.69) is 20.6 Å². The van der Waals surface area contributed by atoms with Crippen LogP contribution in [0.3, 0.4) is 0 Å². The SMILES string of the molecule is O=C(Nc1nc2c(s1)CCC2C(=O)NCc1ccccn1)c1ccc(F)cc1. The second kappa shape index (κ2) is 7.85. The predicted octanol–water partition coefficient (Wildman–Crippen LogP) is 3.28. The number of halogens is 1. The Morgan fingerprint density at radius 3 is 2.75 bits per heavy atom. The molecule has 1 atom stereocenters. The first-order valence-corrected chi connectivity index (χ1v) is 9.66. The van der Waals surface area contributed by atoms with Crippen LogP contribution in [-0.4, -0.2) is 21.8 Å². The molecule has 0 fully saturated rings. The molecule has 1 aromatic carbocycles. The number of hydrogen-bond acceptors (Lipinski definition) is 5.